The van der Waals surface area contributed by atoms with Crippen molar-refractivity contribution in [3.05, 3.63) is 81.8 Å². The largest absolute Gasteiger partial charge is 0.491 e. The quantitative estimate of drug-likeness (QED) is 0.486. The molecule has 1 aliphatic heterocycles. The predicted molar refractivity (Wildman–Crippen MR) is 123 cm³/mol. The highest BCUT2D eigenvalue weighted by atomic mass is 32.2. The summed E-state index contributed by atoms with van der Waals surface area (Å²) in [6.07, 6.45) is 1.83. The molecule has 4 nitrogen and oxygen atoms in total. The molecule has 3 aromatic carbocycles. The van der Waals surface area contributed by atoms with Crippen LogP contribution in [0.5, 0.6) is 5.75 Å². The van der Waals surface area contributed by atoms with Crippen LogP contribution < -0.4 is 4.74 Å². The summed E-state index contributed by atoms with van der Waals surface area (Å²) in [7, 11) is 0. The van der Waals surface area contributed by atoms with E-state index in [-0.39, 0.29) is 24.3 Å². The zero-order valence-corrected chi connectivity index (χ0v) is 18.1. The van der Waals surface area contributed by atoms with Crippen molar-refractivity contribution in [3.8, 4) is 5.75 Å². The number of amides is 2. The third-order valence-corrected chi connectivity index (χ3v) is 6.12. The molecule has 2 amide bonds. The second kappa shape index (κ2) is 8.36. The summed E-state index contributed by atoms with van der Waals surface area (Å²) in [6.45, 7) is 6.56. The van der Waals surface area contributed by atoms with Crippen molar-refractivity contribution in [2.24, 2.45) is 0 Å². The maximum Gasteiger partial charge on any atom is 0.293 e. The molecule has 1 fully saturated rings. The van der Waals surface area contributed by atoms with E-state index in [9.17, 15) is 9.59 Å². The molecule has 1 aliphatic rings. The third-order valence-electron chi connectivity index (χ3n) is 5.21. The van der Waals surface area contributed by atoms with Crippen LogP contribution in [0.1, 0.15) is 22.3 Å². The lowest BCUT2D eigenvalue weighted by molar-refractivity contribution is -0.123. The van der Waals surface area contributed by atoms with E-state index in [1.54, 1.807) is 0 Å². The summed E-state index contributed by atoms with van der Waals surface area (Å²) >= 11 is 0.990. The second-order valence-electron chi connectivity index (χ2n) is 7.47. The summed E-state index contributed by atoms with van der Waals surface area (Å²) in [4.78, 5) is 27.0. The van der Waals surface area contributed by atoms with Crippen LogP contribution in [0, 0.1) is 20.8 Å². The fourth-order valence-electron chi connectivity index (χ4n) is 3.81. The van der Waals surface area contributed by atoms with E-state index < -0.39 is 0 Å². The molecular weight excluding hydrogens is 394 g/mol. The summed E-state index contributed by atoms with van der Waals surface area (Å²) in [5.74, 6) is 0.493. The first-order valence-electron chi connectivity index (χ1n) is 9.88. The zero-order chi connectivity index (χ0) is 21.3. The first-order chi connectivity index (χ1) is 14.4. The number of aryl methyl sites for hydroxylation is 3. The molecule has 0 saturated carbocycles. The van der Waals surface area contributed by atoms with Gasteiger partial charge in [-0.15, -0.1) is 0 Å². The first kappa shape index (κ1) is 20.2. The molecule has 152 valence electrons. The molecule has 1 saturated heterocycles. The molecule has 30 heavy (non-hydrogen) atoms. The number of ether oxygens (including phenoxy) is 1. The van der Waals surface area contributed by atoms with Crippen LogP contribution in [0.25, 0.3) is 16.8 Å². The Morgan fingerprint density at radius 2 is 1.67 bits per heavy atom. The van der Waals surface area contributed by atoms with Gasteiger partial charge in [0.05, 0.1) is 11.4 Å². The van der Waals surface area contributed by atoms with Gasteiger partial charge in [-0.3, -0.25) is 14.5 Å². The van der Waals surface area contributed by atoms with Gasteiger partial charge in [-0.2, -0.15) is 0 Å². The van der Waals surface area contributed by atoms with E-state index in [0.29, 0.717) is 4.91 Å². The van der Waals surface area contributed by atoms with Crippen LogP contribution in [0.15, 0.2) is 59.5 Å². The van der Waals surface area contributed by atoms with Crippen LogP contribution in [0.4, 0.5) is 4.79 Å². The van der Waals surface area contributed by atoms with Crippen LogP contribution in [0.3, 0.4) is 0 Å². The monoisotopic (exact) mass is 417 g/mol. The number of fused-ring (bicyclic) bond motifs is 1. The number of nitrogens with zero attached hydrogens (tertiary/aromatic N) is 1. The smallest absolute Gasteiger partial charge is 0.293 e. The van der Waals surface area contributed by atoms with Gasteiger partial charge >= 0.3 is 0 Å². The highest BCUT2D eigenvalue weighted by Crippen LogP contribution is 2.33. The summed E-state index contributed by atoms with van der Waals surface area (Å²) in [5.41, 5.74) is 4.37. The number of imide groups is 1. The third kappa shape index (κ3) is 3.98. The van der Waals surface area contributed by atoms with Gasteiger partial charge in [0.1, 0.15) is 12.4 Å². The molecule has 0 aliphatic carbocycles. The highest BCUT2D eigenvalue weighted by molar-refractivity contribution is 8.18. The number of hydrogen-bond acceptors (Lipinski definition) is 4. The molecule has 3 aromatic rings. The average molecular weight is 418 g/mol. The average Bonchev–Trinajstić information content (AvgIpc) is 2.98. The molecule has 0 atom stereocenters. The van der Waals surface area contributed by atoms with Crippen LogP contribution in [-0.2, 0) is 4.79 Å². The SMILES string of the molecule is Cc1cc(C)c(/C=C2\SC(=O)N(CCOc3cccc4ccccc34)C2=O)c(C)c1. The minimum atomic E-state index is -0.258. The van der Waals surface area contributed by atoms with Crippen LogP contribution in [-0.4, -0.2) is 29.2 Å². The number of hydrogen-bond donors (Lipinski definition) is 0. The van der Waals surface area contributed by atoms with E-state index in [0.717, 1.165) is 45.0 Å². The predicted octanol–water partition coefficient (Wildman–Crippen LogP) is 5.88. The van der Waals surface area contributed by atoms with E-state index in [1.807, 2.05) is 69.3 Å². The van der Waals surface area contributed by atoms with Crippen molar-refractivity contribution in [1.82, 2.24) is 4.90 Å². The fraction of sp³-hybridized carbons (Fsp3) is 0.200. The van der Waals surface area contributed by atoms with Gasteiger partial charge in [0, 0.05) is 5.39 Å². The number of carbonyl (C=O) groups is 2. The Morgan fingerprint density at radius 1 is 0.967 bits per heavy atom. The molecule has 4 rings (SSSR count). The summed E-state index contributed by atoms with van der Waals surface area (Å²) < 4.78 is 5.91. The van der Waals surface area contributed by atoms with E-state index in [1.165, 1.54) is 10.5 Å². The molecule has 0 bridgehead atoms. The summed E-state index contributed by atoms with van der Waals surface area (Å²) in [6, 6.07) is 18.0. The second-order valence-corrected chi connectivity index (χ2v) is 8.46. The Bertz CT molecular complexity index is 1150. The standard InChI is InChI=1S/C25H23NO3S/c1-16-13-17(2)21(18(3)14-16)15-23-24(27)26(25(28)30-23)11-12-29-22-10-6-8-19-7-4-5-9-20(19)22/h4-10,13-15H,11-12H2,1-3H3/b23-15-. The molecule has 0 unspecified atom stereocenters. The van der Waals surface area contributed by atoms with Crippen molar-refractivity contribution in [3.63, 3.8) is 0 Å². The molecule has 0 radical (unpaired) electrons. The Kier molecular flexibility index (Phi) is 5.64. The maximum absolute atomic E-state index is 12.8. The normalized spacial score (nSPS) is 15.4. The number of thioether (sulfide) groups is 1. The lowest BCUT2D eigenvalue weighted by atomic mass is 9.99. The Hall–Kier alpha value is -3.05. The molecular formula is C25H23NO3S. The molecule has 1 heterocycles. The van der Waals surface area contributed by atoms with Crippen molar-refractivity contribution >= 4 is 39.8 Å². The van der Waals surface area contributed by atoms with Crippen molar-refractivity contribution in [2.75, 3.05) is 13.2 Å². The van der Waals surface area contributed by atoms with Gasteiger partial charge < -0.3 is 4.74 Å². The topological polar surface area (TPSA) is 46.6 Å². The molecule has 0 spiro atoms. The van der Waals surface area contributed by atoms with E-state index in [4.69, 9.17) is 4.74 Å². The van der Waals surface area contributed by atoms with Gasteiger partial charge in [-0.25, -0.2) is 0 Å². The van der Waals surface area contributed by atoms with Gasteiger partial charge in [0.15, 0.2) is 0 Å². The van der Waals surface area contributed by atoms with Gasteiger partial charge in [0.2, 0.25) is 0 Å². The summed E-state index contributed by atoms with van der Waals surface area (Å²) in [5, 5.41) is 1.85. The lowest BCUT2D eigenvalue weighted by Crippen LogP contribution is -2.32. The minimum absolute atomic E-state index is 0.219. The van der Waals surface area contributed by atoms with Crippen molar-refractivity contribution in [1.29, 1.82) is 0 Å². The zero-order valence-electron chi connectivity index (χ0n) is 17.3. The van der Waals surface area contributed by atoms with Crippen molar-refractivity contribution < 1.29 is 14.3 Å². The van der Waals surface area contributed by atoms with Crippen LogP contribution in [0.2, 0.25) is 0 Å². The lowest BCUT2D eigenvalue weighted by Gasteiger charge is -2.14. The minimum Gasteiger partial charge on any atom is -0.491 e. The highest BCUT2D eigenvalue weighted by Gasteiger charge is 2.35. The van der Waals surface area contributed by atoms with E-state index >= 15 is 0 Å². The van der Waals surface area contributed by atoms with Crippen molar-refractivity contribution in [2.45, 2.75) is 20.8 Å². The number of rotatable bonds is 5. The van der Waals surface area contributed by atoms with Crippen LogP contribution >= 0.6 is 11.8 Å². The van der Waals surface area contributed by atoms with E-state index in [2.05, 4.69) is 12.1 Å². The van der Waals surface area contributed by atoms with Gasteiger partial charge in [0.25, 0.3) is 11.1 Å². The maximum atomic E-state index is 12.8. The Morgan fingerprint density at radius 3 is 2.43 bits per heavy atom. The first-order valence-corrected chi connectivity index (χ1v) is 10.7. The number of benzene rings is 3. The molecule has 5 heteroatoms. The number of carbonyl (C=O) groups excluding carboxylic acids is 2. The molecule has 0 N–H and O–H groups in total. The Balaban J connectivity index is 1.47. The Labute approximate surface area is 180 Å². The van der Waals surface area contributed by atoms with Gasteiger partial charge in [-0.05, 0) is 66.8 Å². The fourth-order valence-corrected chi connectivity index (χ4v) is 4.66. The van der Waals surface area contributed by atoms with Gasteiger partial charge in [-0.1, -0.05) is 54.1 Å². The molecule has 0 aromatic heterocycles.